The van der Waals surface area contributed by atoms with E-state index in [-0.39, 0.29) is 13.0 Å². The van der Waals surface area contributed by atoms with Crippen molar-refractivity contribution in [3.05, 3.63) is 0 Å². The fraction of sp³-hybridized carbons (Fsp3) is 0.833. The fourth-order valence-electron chi connectivity index (χ4n) is 1.01. The van der Waals surface area contributed by atoms with E-state index in [1.54, 1.807) is 6.92 Å². The Morgan fingerprint density at radius 3 is 2.73 bits per heavy atom. The van der Waals surface area contributed by atoms with Crippen LogP contribution in [-0.2, 0) is 9.53 Å². The first-order valence-electron chi connectivity index (χ1n) is 3.61. The predicted molar refractivity (Wildman–Crippen MR) is 36.5 cm³/mol. The van der Waals surface area contributed by atoms with Gasteiger partial charge in [0.05, 0.1) is 12.5 Å². The van der Waals surface area contributed by atoms with Crippen molar-refractivity contribution in [3.63, 3.8) is 0 Å². The Morgan fingerprint density at radius 1 is 1.73 bits per heavy atom. The van der Waals surface area contributed by atoms with Crippen LogP contribution in [0.15, 0.2) is 0 Å². The molecule has 2 atom stereocenters. The Balaban J connectivity index is 2.26. The summed E-state index contributed by atoms with van der Waals surface area (Å²) in [6.07, 6.45) is 0.288. The Morgan fingerprint density at radius 2 is 2.36 bits per heavy atom. The molecule has 0 aromatic heterocycles. The van der Waals surface area contributed by atoms with Gasteiger partial charge in [-0.15, -0.1) is 0 Å². The van der Waals surface area contributed by atoms with Crippen LogP contribution in [0.25, 0.3) is 0 Å². The molecule has 1 aliphatic rings. The molecule has 0 aromatic rings. The zero-order valence-corrected chi connectivity index (χ0v) is 6.22. The predicted octanol–water partition coefficient (Wildman–Crippen LogP) is 1.37. The SMILES string of the molecule is CCOC(=O)[C@H]1CC1B(F)F. The Kier molecular flexibility index (Phi) is 2.47. The largest absolute Gasteiger partial charge is 0.542 e. The molecule has 1 fully saturated rings. The van der Waals surface area contributed by atoms with Gasteiger partial charge in [-0.25, -0.2) is 0 Å². The summed E-state index contributed by atoms with van der Waals surface area (Å²) in [5.74, 6) is -1.75. The van der Waals surface area contributed by atoms with Gasteiger partial charge in [-0.2, -0.15) is 0 Å². The van der Waals surface area contributed by atoms with E-state index in [9.17, 15) is 13.4 Å². The van der Waals surface area contributed by atoms with E-state index in [0.717, 1.165) is 0 Å². The average Bonchev–Trinajstić information content (AvgIpc) is 2.65. The first-order chi connectivity index (χ1) is 5.16. The number of rotatable bonds is 3. The molecule has 2 nitrogen and oxygen atoms in total. The molecule has 62 valence electrons. The van der Waals surface area contributed by atoms with Crippen LogP contribution in [0.1, 0.15) is 13.3 Å². The fourth-order valence-corrected chi connectivity index (χ4v) is 1.01. The first kappa shape index (κ1) is 8.49. The normalized spacial score (nSPS) is 27.9. The van der Waals surface area contributed by atoms with E-state index in [1.165, 1.54) is 0 Å². The van der Waals surface area contributed by atoms with Gasteiger partial charge < -0.3 is 4.74 Å². The maximum atomic E-state index is 11.9. The zero-order valence-electron chi connectivity index (χ0n) is 6.22. The van der Waals surface area contributed by atoms with Gasteiger partial charge in [0.25, 0.3) is 0 Å². The number of halogens is 2. The smallest absolute Gasteiger partial charge is 0.466 e. The molecule has 0 spiro atoms. The van der Waals surface area contributed by atoms with Crippen LogP contribution in [0.5, 0.6) is 0 Å². The second-order valence-corrected chi connectivity index (χ2v) is 2.59. The van der Waals surface area contributed by atoms with Crippen molar-refractivity contribution in [1.29, 1.82) is 0 Å². The van der Waals surface area contributed by atoms with Crippen LogP contribution >= 0.6 is 0 Å². The number of carbonyl (C=O) groups is 1. The number of esters is 1. The van der Waals surface area contributed by atoms with Crippen molar-refractivity contribution >= 4 is 13.2 Å². The van der Waals surface area contributed by atoms with Gasteiger partial charge in [-0.1, -0.05) is 0 Å². The molecular formula is C6H9BF2O2. The number of hydrogen-bond donors (Lipinski definition) is 0. The zero-order chi connectivity index (χ0) is 8.43. The van der Waals surface area contributed by atoms with Gasteiger partial charge in [-0.3, -0.25) is 13.4 Å². The number of hydrogen-bond acceptors (Lipinski definition) is 2. The van der Waals surface area contributed by atoms with E-state index in [1.807, 2.05) is 0 Å². The lowest BCUT2D eigenvalue weighted by atomic mass is 9.88. The molecule has 0 heterocycles. The van der Waals surface area contributed by atoms with Crippen LogP contribution < -0.4 is 0 Å². The van der Waals surface area contributed by atoms with Crippen molar-refractivity contribution in [2.24, 2.45) is 5.92 Å². The van der Waals surface area contributed by atoms with Crippen LogP contribution in [-0.4, -0.2) is 19.8 Å². The molecule has 11 heavy (non-hydrogen) atoms. The molecule has 0 aromatic carbocycles. The molecule has 0 saturated heterocycles. The van der Waals surface area contributed by atoms with Gasteiger partial charge in [0, 0.05) is 5.82 Å². The minimum Gasteiger partial charge on any atom is -0.466 e. The first-order valence-corrected chi connectivity index (χ1v) is 3.61. The van der Waals surface area contributed by atoms with Crippen LogP contribution in [0, 0.1) is 5.92 Å². The second-order valence-electron chi connectivity index (χ2n) is 2.59. The lowest BCUT2D eigenvalue weighted by Gasteiger charge is -1.97. The maximum absolute atomic E-state index is 11.9. The highest BCUT2D eigenvalue weighted by molar-refractivity contribution is 6.46. The van der Waals surface area contributed by atoms with Crippen LogP contribution in [0.2, 0.25) is 5.82 Å². The summed E-state index contributed by atoms with van der Waals surface area (Å²) in [7, 11) is -2.37. The third-order valence-corrected chi connectivity index (χ3v) is 1.75. The van der Waals surface area contributed by atoms with Crippen molar-refractivity contribution < 1.29 is 18.2 Å². The summed E-state index contributed by atoms with van der Waals surface area (Å²) in [5.41, 5.74) is 0. The molecule has 0 radical (unpaired) electrons. The quantitative estimate of drug-likeness (QED) is 0.462. The Bertz CT molecular complexity index is 163. The van der Waals surface area contributed by atoms with E-state index >= 15 is 0 Å². The number of carbonyl (C=O) groups excluding carboxylic acids is 1. The molecule has 0 aliphatic heterocycles. The van der Waals surface area contributed by atoms with Gasteiger partial charge in [0.2, 0.25) is 0 Å². The molecule has 1 aliphatic carbocycles. The highest BCUT2D eigenvalue weighted by Crippen LogP contribution is 2.48. The van der Waals surface area contributed by atoms with E-state index in [0.29, 0.717) is 0 Å². The lowest BCUT2D eigenvalue weighted by Crippen LogP contribution is -2.09. The van der Waals surface area contributed by atoms with Gasteiger partial charge >= 0.3 is 13.2 Å². The van der Waals surface area contributed by atoms with Crippen LogP contribution in [0.4, 0.5) is 8.63 Å². The summed E-state index contributed by atoms with van der Waals surface area (Å²) < 4.78 is 28.3. The highest BCUT2D eigenvalue weighted by atomic mass is 19.2. The summed E-state index contributed by atoms with van der Waals surface area (Å²) >= 11 is 0. The van der Waals surface area contributed by atoms with Crippen molar-refractivity contribution in [2.75, 3.05) is 6.61 Å². The van der Waals surface area contributed by atoms with Gasteiger partial charge in [0.1, 0.15) is 0 Å². The Hall–Kier alpha value is -0.605. The maximum Gasteiger partial charge on any atom is 0.542 e. The van der Waals surface area contributed by atoms with Crippen molar-refractivity contribution in [3.8, 4) is 0 Å². The molecular weight excluding hydrogens is 153 g/mol. The third kappa shape index (κ3) is 1.91. The van der Waals surface area contributed by atoms with E-state index < -0.39 is 25.0 Å². The Labute approximate surface area is 64.1 Å². The molecule has 0 N–H and O–H groups in total. The minimum absolute atomic E-state index is 0.269. The number of ether oxygens (including phenoxy) is 1. The van der Waals surface area contributed by atoms with Crippen molar-refractivity contribution in [1.82, 2.24) is 0 Å². The molecule has 0 amide bonds. The van der Waals surface area contributed by atoms with Gasteiger partial charge in [-0.05, 0) is 13.3 Å². The minimum atomic E-state index is -2.37. The standard InChI is InChI=1S/C6H9BF2O2/c1-2-11-6(10)4-3-5(4)7(8)9/h4-5H,2-3H2,1H3/t4-,5?/m0/s1. The van der Waals surface area contributed by atoms with Crippen molar-refractivity contribution in [2.45, 2.75) is 19.2 Å². The second kappa shape index (κ2) is 3.20. The average molecular weight is 162 g/mol. The van der Waals surface area contributed by atoms with Crippen LogP contribution in [0.3, 0.4) is 0 Å². The topological polar surface area (TPSA) is 26.3 Å². The van der Waals surface area contributed by atoms with E-state index in [4.69, 9.17) is 0 Å². The highest BCUT2D eigenvalue weighted by Gasteiger charge is 2.53. The third-order valence-electron chi connectivity index (χ3n) is 1.75. The van der Waals surface area contributed by atoms with E-state index in [2.05, 4.69) is 4.74 Å². The molecule has 5 heteroatoms. The lowest BCUT2D eigenvalue weighted by molar-refractivity contribution is -0.144. The molecule has 0 bridgehead atoms. The monoisotopic (exact) mass is 162 g/mol. The molecule has 1 rings (SSSR count). The molecule has 1 saturated carbocycles. The summed E-state index contributed by atoms with van der Waals surface area (Å²) in [6, 6.07) is 0. The molecule has 1 unspecified atom stereocenters. The van der Waals surface area contributed by atoms with Gasteiger partial charge in [0.15, 0.2) is 0 Å². The summed E-state index contributed by atoms with van der Waals surface area (Å²) in [6.45, 7) is 1.93. The summed E-state index contributed by atoms with van der Waals surface area (Å²) in [4.78, 5) is 10.8. The summed E-state index contributed by atoms with van der Waals surface area (Å²) in [5, 5.41) is 0.